The molecule has 0 saturated heterocycles. The monoisotopic (exact) mass is 191 g/mol. The molecule has 0 aliphatic carbocycles. The summed E-state index contributed by atoms with van der Waals surface area (Å²) in [5, 5.41) is 5.29. The number of nitrogens with zero attached hydrogens (tertiary/aromatic N) is 2. The van der Waals surface area contributed by atoms with Gasteiger partial charge < -0.3 is 5.73 Å². The van der Waals surface area contributed by atoms with Crippen LogP contribution in [0.15, 0.2) is 30.5 Å². The van der Waals surface area contributed by atoms with Crippen LogP contribution < -0.4 is 5.73 Å². The molecule has 0 fully saturated rings. The average Bonchev–Trinajstić information content (AvgIpc) is 2.48. The van der Waals surface area contributed by atoms with E-state index in [1.54, 1.807) is 4.68 Å². The SMILES string of the molecule is NC(=S)Cn1ncc2ccccc21. The molecule has 66 valence electrons. The van der Waals surface area contributed by atoms with Gasteiger partial charge in [-0.05, 0) is 6.07 Å². The van der Waals surface area contributed by atoms with E-state index in [2.05, 4.69) is 5.10 Å². The van der Waals surface area contributed by atoms with Crippen molar-refractivity contribution in [2.45, 2.75) is 6.54 Å². The Hall–Kier alpha value is -1.42. The zero-order valence-electron chi connectivity index (χ0n) is 6.97. The lowest BCUT2D eigenvalue weighted by atomic mass is 10.3. The molecule has 0 aliphatic heterocycles. The normalized spacial score (nSPS) is 10.5. The Morgan fingerprint density at radius 3 is 3.00 bits per heavy atom. The third-order valence-corrected chi connectivity index (χ3v) is 1.99. The number of para-hydroxylation sites is 1. The maximum absolute atomic E-state index is 5.45. The first-order chi connectivity index (χ1) is 6.27. The largest absolute Gasteiger partial charge is 0.392 e. The highest BCUT2D eigenvalue weighted by molar-refractivity contribution is 7.80. The van der Waals surface area contributed by atoms with Crippen LogP contribution in [-0.2, 0) is 6.54 Å². The lowest BCUT2D eigenvalue weighted by molar-refractivity contribution is 0.753. The summed E-state index contributed by atoms with van der Waals surface area (Å²) < 4.78 is 1.80. The van der Waals surface area contributed by atoms with Crippen molar-refractivity contribution >= 4 is 28.1 Å². The van der Waals surface area contributed by atoms with Gasteiger partial charge >= 0.3 is 0 Å². The molecule has 0 spiro atoms. The predicted molar refractivity (Wildman–Crippen MR) is 56.5 cm³/mol. The molecule has 1 heterocycles. The zero-order valence-corrected chi connectivity index (χ0v) is 7.79. The highest BCUT2D eigenvalue weighted by Crippen LogP contribution is 2.11. The number of benzene rings is 1. The fourth-order valence-electron chi connectivity index (χ4n) is 1.30. The summed E-state index contributed by atoms with van der Waals surface area (Å²) in [5.74, 6) is 0. The van der Waals surface area contributed by atoms with Gasteiger partial charge in [0.15, 0.2) is 0 Å². The van der Waals surface area contributed by atoms with Crippen LogP contribution in [0.1, 0.15) is 0 Å². The summed E-state index contributed by atoms with van der Waals surface area (Å²) in [7, 11) is 0. The molecule has 0 aliphatic rings. The van der Waals surface area contributed by atoms with Crippen molar-refractivity contribution in [2.75, 3.05) is 0 Å². The van der Waals surface area contributed by atoms with E-state index in [0.29, 0.717) is 11.5 Å². The molecule has 0 amide bonds. The summed E-state index contributed by atoms with van der Waals surface area (Å²) in [4.78, 5) is 0.453. The Morgan fingerprint density at radius 1 is 1.46 bits per heavy atom. The summed E-state index contributed by atoms with van der Waals surface area (Å²) in [6.07, 6.45) is 1.81. The molecule has 1 aromatic heterocycles. The first-order valence-corrected chi connectivity index (χ1v) is 4.37. The second kappa shape index (κ2) is 3.14. The fraction of sp³-hybridized carbons (Fsp3) is 0.111. The topological polar surface area (TPSA) is 43.8 Å². The van der Waals surface area contributed by atoms with Crippen LogP contribution in [-0.4, -0.2) is 14.8 Å². The molecule has 0 bridgehead atoms. The molecule has 4 heteroatoms. The van der Waals surface area contributed by atoms with E-state index in [-0.39, 0.29) is 0 Å². The number of thiocarbonyl (C=S) groups is 1. The van der Waals surface area contributed by atoms with Crippen LogP contribution in [0.2, 0.25) is 0 Å². The van der Waals surface area contributed by atoms with Crippen LogP contribution in [0.5, 0.6) is 0 Å². The van der Waals surface area contributed by atoms with Gasteiger partial charge in [-0.3, -0.25) is 4.68 Å². The molecule has 0 radical (unpaired) electrons. The van der Waals surface area contributed by atoms with Gasteiger partial charge in [-0.1, -0.05) is 30.4 Å². The summed E-state index contributed by atoms with van der Waals surface area (Å²) in [6, 6.07) is 7.97. The van der Waals surface area contributed by atoms with Crippen molar-refractivity contribution in [2.24, 2.45) is 5.73 Å². The Balaban J connectivity index is 2.51. The smallest absolute Gasteiger partial charge is 0.0946 e. The standard InChI is InChI=1S/C9H9N3S/c10-9(13)6-12-8-4-2-1-3-7(8)5-11-12/h1-5H,6H2,(H2,10,13). The Kier molecular flexibility index (Phi) is 1.98. The minimum absolute atomic E-state index is 0.453. The van der Waals surface area contributed by atoms with Crippen molar-refractivity contribution in [1.29, 1.82) is 0 Å². The van der Waals surface area contributed by atoms with Gasteiger partial charge in [0.2, 0.25) is 0 Å². The van der Waals surface area contributed by atoms with Gasteiger partial charge in [-0.2, -0.15) is 5.10 Å². The van der Waals surface area contributed by atoms with Gasteiger partial charge in [0.25, 0.3) is 0 Å². The molecule has 0 atom stereocenters. The van der Waals surface area contributed by atoms with E-state index in [1.807, 2.05) is 30.5 Å². The molecule has 2 rings (SSSR count). The quantitative estimate of drug-likeness (QED) is 0.728. The van der Waals surface area contributed by atoms with Gasteiger partial charge in [0.1, 0.15) is 0 Å². The maximum Gasteiger partial charge on any atom is 0.0946 e. The van der Waals surface area contributed by atoms with Crippen molar-refractivity contribution < 1.29 is 0 Å². The molecule has 13 heavy (non-hydrogen) atoms. The van der Waals surface area contributed by atoms with E-state index in [4.69, 9.17) is 18.0 Å². The van der Waals surface area contributed by atoms with Crippen LogP contribution in [0.25, 0.3) is 10.9 Å². The highest BCUT2D eigenvalue weighted by Gasteiger charge is 2.01. The van der Waals surface area contributed by atoms with Crippen LogP contribution in [0, 0.1) is 0 Å². The summed E-state index contributed by atoms with van der Waals surface area (Å²) >= 11 is 4.82. The second-order valence-corrected chi connectivity index (χ2v) is 3.35. The second-order valence-electron chi connectivity index (χ2n) is 2.83. The third-order valence-electron chi connectivity index (χ3n) is 1.86. The highest BCUT2D eigenvalue weighted by atomic mass is 32.1. The number of rotatable bonds is 2. The average molecular weight is 191 g/mol. The first kappa shape index (κ1) is 8.19. The molecule has 1 aromatic carbocycles. The lowest BCUT2D eigenvalue weighted by Gasteiger charge is -2.00. The summed E-state index contributed by atoms with van der Waals surface area (Å²) in [6.45, 7) is 0.503. The predicted octanol–water partition coefficient (Wildman–Crippen LogP) is 1.32. The molecule has 2 N–H and O–H groups in total. The molecular weight excluding hydrogens is 182 g/mol. The minimum atomic E-state index is 0.453. The van der Waals surface area contributed by atoms with Gasteiger partial charge in [-0.15, -0.1) is 0 Å². The van der Waals surface area contributed by atoms with Crippen molar-refractivity contribution in [3.05, 3.63) is 30.5 Å². The first-order valence-electron chi connectivity index (χ1n) is 3.96. The fourth-order valence-corrected chi connectivity index (χ4v) is 1.42. The number of hydrogen-bond acceptors (Lipinski definition) is 2. The number of hydrogen-bond donors (Lipinski definition) is 1. The lowest BCUT2D eigenvalue weighted by Crippen LogP contribution is -2.17. The van der Waals surface area contributed by atoms with Crippen LogP contribution >= 0.6 is 12.2 Å². The Bertz CT molecular complexity index is 447. The molecular formula is C9H9N3S. The van der Waals surface area contributed by atoms with E-state index >= 15 is 0 Å². The summed E-state index contributed by atoms with van der Waals surface area (Å²) in [5.41, 5.74) is 6.51. The number of aromatic nitrogens is 2. The van der Waals surface area contributed by atoms with Crippen LogP contribution in [0.3, 0.4) is 0 Å². The Labute approximate surface area is 81.1 Å². The van der Waals surface area contributed by atoms with Crippen LogP contribution in [0.4, 0.5) is 0 Å². The van der Waals surface area contributed by atoms with E-state index in [9.17, 15) is 0 Å². The third kappa shape index (κ3) is 1.53. The zero-order chi connectivity index (χ0) is 9.26. The molecule has 0 saturated carbocycles. The Morgan fingerprint density at radius 2 is 2.23 bits per heavy atom. The van der Waals surface area contributed by atoms with E-state index < -0.39 is 0 Å². The van der Waals surface area contributed by atoms with E-state index in [1.165, 1.54) is 0 Å². The van der Waals surface area contributed by atoms with E-state index in [0.717, 1.165) is 10.9 Å². The maximum atomic E-state index is 5.45. The van der Waals surface area contributed by atoms with Crippen molar-refractivity contribution in [3.8, 4) is 0 Å². The minimum Gasteiger partial charge on any atom is -0.392 e. The molecule has 2 aromatic rings. The number of nitrogens with two attached hydrogens (primary N) is 1. The van der Waals surface area contributed by atoms with Crippen molar-refractivity contribution in [1.82, 2.24) is 9.78 Å². The van der Waals surface area contributed by atoms with Gasteiger partial charge in [0, 0.05) is 5.39 Å². The van der Waals surface area contributed by atoms with Crippen molar-refractivity contribution in [3.63, 3.8) is 0 Å². The molecule has 3 nitrogen and oxygen atoms in total. The van der Waals surface area contributed by atoms with Gasteiger partial charge in [-0.25, -0.2) is 0 Å². The molecule has 0 unspecified atom stereocenters. The van der Waals surface area contributed by atoms with Gasteiger partial charge in [0.05, 0.1) is 23.2 Å². The number of fused-ring (bicyclic) bond motifs is 1.